The summed E-state index contributed by atoms with van der Waals surface area (Å²) in [4.78, 5) is 11.8. The van der Waals surface area contributed by atoms with Crippen LogP contribution in [0.2, 0.25) is 0 Å². The van der Waals surface area contributed by atoms with Gasteiger partial charge in [0.25, 0.3) is 0 Å². The number of carboxylic acids is 1. The van der Waals surface area contributed by atoms with Gasteiger partial charge in [-0.25, -0.2) is 4.79 Å². The average molecular weight is 229 g/mol. The van der Waals surface area contributed by atoms with Crippen LogP contribution in [0.1, 0.15) is 11.8 Å². The standard InChI is InChI=1S/C10H15NO3S/c1-10(14,9(12)13)7-11-5-4-8-3-2-6-15-8/h2-3,6,11,14H,4-5,7H2,1H3,(H,12,13). The Balaban J connectivity index is 2.19. The van der Waals surface area contributed by atoms with Crippen LogP contribution in [0, 0.1) is 0 Å². The van der Waals surface area contributed by atoms with Crippen molar-refractivity contribution in [2.24, 2.45) is 0 Å². The van der Waals surface area contributed by atoms with Gasteiger partial charge in [-0.2, -0.15) is 0 Å². The fraction of sp³-hybridized carbons (Fsp3) is 0.500. The lowest BCUT2D eigenvalue weighted by molar-refractivity contribution is -0.156. The molecule has 1 rings (SSSR count). The lowest BCUT2D eigenvalue weighted by Gasteiger charge is -2.18. The summed E-state index contributed by atoms with van der Waals surface area (Å²) in [5.41, 5.74) is -1.69. The van der Waals surface area contributed by atoms with Gasteiger partial charge >= 0.3 is 5.97 Å². The molecule has 0 aliphatic carbocycles. The largest absolute Gasteiger partial charge is 0.479 e. The number of aliphatic carboxylic acids is 1. The van der Waals surface area contributed by atoms with Gasteiger partial charge in [-0.1, -0.05) is 6.07 Å². The Labute approximate surface area is 92.6 Å². The zero-order valence-electron chi connectivity index (χ0n) is 8.56. The highest BCUT2D eigenvalue weighted by Crippen LogP contribution is 2.08. The van der Waals surface area contributed by atoms with Gasteiger partial charge in [0.05, 0.1) is 0 Å². The molecule has 0 spiro atoms. The maximum Gasteiger partial charge on any atom is 0.336 e. The molecule has 0 bridgehead atoms. The van der Waals surface area contributed by atoms with Crippen molar-refractivity contribution in [2.45, 2.75) is 18.9 Å². The lowest BCUT2D eigenvalue weighted by Crippen LogP contribution is -2.45. The number of aliphatic hydroxyl groups is 1. The Morgan fingerprint density at radius 2 is 2.40 bits per heavy atom. The smallest absolute Gasteiger partial charge is 0.336 e. The highest BCUT2D eigenvalue weighted by Gasteiger charge is 2.28. The number of thiophene rings is 1. The van der Waals surface area contributed by atoms with Gasteiger partial charge in [0.1, 0.15) is 0 Å². The minimum absolute atomic E-state index is 0.0632. The number of carboxylic acid groups (broad SMARTS) is 1. The first-order chi connectivity index (χ1) is 7.02. The second-order valence-corrected chi connectivity index (χ2v) is 4.62. The van der Waals surface area contributed by atoms with E-state index < -0.39 is 11.6 Å². The summed E-state index contributed by atoms with van der Waals surface area (Å²) in [5, 5.41) is 22.9. The van der Waals surface area contributed by atoms with Crippen molar-refractivity contribution in [2.75, 3.05) is 13.1 Å². The van der Waals surface area contributed by atoms with Crippen LogP contribution in [-0.4, -0.2) is 34.9 Å². The molecule has 0 aliphatic rings. The molecule has 1 aromatic rings. The van der Waals surface area contributed by atoms with E-state index >= 15 is 0 Å². The molecule has 15 heavy (non-hydrogen) atoms. The van der Waals surface area contributed by atoms with Crippen molar-refractivity contribution < 1.29 is 15.0 Å². The van der Waals surface area contributed by atoms with Gasteiger partial charge in [-0.3, -0.25) is 0 Å². The molecule has 0 fully saturated rings. The van der Waals surface area contributed by atoms with Gasteiger partial charge in [-0.05, 0) is 24.8 Å². The average Bonchev–Trinajstić information content (AvgIpc) is 2.64. The number of carbonyl (C=O) groups is 1. The van der Waals surface area contributed by atoms with E-state index in [1.165, 1.54) is 11.8 Å². The Morgan fingerprint density at radius 3 is 2.93 bits per heavy atom. The topological polar surface area (TPSA) is 69.6 Å². The molecule has 0 aromatic carbocycles. The lowest BCUT2D eigenvalue weighted by atomic mass is 10.1. The Kier molecular flexibility index (Phi) is 4.26. The molecule has 84 valence electrons. The van der Waals surface area contributed by atoms with E-state index in [0.717, 1.165) is 6.42 Å². The molecule has 0 saturated carbocycles. The number of hydrogen-bond acceptors (Lipinski definition) is 4. The summed E-state index contributed by atoms with van der Waals surface area (Å²) in [7, 11) is 0. The predicted molar refractivity (Wildman–Crippen MR) is 59.2 cm³/mol. The molecule has 3 N–H and O–H groups in total. The van der Waals surface area contributed by atoms with Crippen LogP contribution in [0.5, 0.6) is 0 Å². The SMILES string of the molecule is CC(O)(CNCCc1cccs1)C(=O)O. The first kappa shape index (κ1) is 12.2. The van der Waals surface area contributed by atoms with Crippen molar-refractivity contribution in [1.82, 2.24) is 5.32 Å². The van der Waals surface area contributed by atoms with Crippen LogP contribution >= 0.6 is 11.3 Å². The Morgan fingerprint density at radius 1 is 1.67 bits per heavy atom. The fourth-order valence-corrected chi connectivity index (χ4v) is 1.78. The van der Waals surface area contributed by atoms with Crippen molar-refractivity contribution in [1.29, 1.82) is 0 Å². The van der Waals surface area contributed by atoms with Crippen LogP contribution in [0.4, 0.5) is 0 Å². The minimum Gasteiger partial charge on any atom is -0.479 e. The molecule has 4 nitrogen and oxygen atoms in total. The second kappa shape index (κ2) is 5.25. The minimum atomic E-state index is -1.69. The summed E-state index contributed by atoms with van der Waals surface area (Å²) in [5.74, 6) is -1.20. The molecular weight excluding hydrogens is 214 g/mol. The van der Waals surface area contributed by atoms with E-state index in [-0.39, 0.29) is 6.54 Å². The molecule has 1 unspecified atom stereocenters. The number of nitrogens with one attached hydrogen (secondary N) is 1. The second-order valence-electron chi connectivity index (χ2n) is 3.59. The van der Waals surface area contributed by atoms with Crippen LogP contribution in [0.25, 0.3) is 0 Å². The maximum atomic E-state index is 10.6. The fourth-order valence-electron chi connectivity index (χ4n) is 1.07. The third-order valence-electron chi connectivity index (χ3n) is 2.06. The normalized spacial score (nSPS) is 14.8. The van der Waals surface area contributed by atoms with Gasteiger partial charge in [0, 0.05) is 18.0 Å². The number of hydrogen-bond donors (Lipinski definition) is 3. The zero-order chi connectivity index (χ0) is 11.3. The molecule has 1 atom stereocenters. The van der Waals surface area contributed by atoms with Crippen LogP contribution in [0.3, 0.4) is 0 Å². The van der Waals surface area contributed by atoms with Gasteiger partial charge in [0.15, 0.2) is 5.60 Å². The van der Waals surface area contributed by atoms with Gasteiger partial charge < -0.3 is 15.5 Å². The first-order valence-corrected chi connectivity index (χ1v) is 5.59. The van der Waals surface area contributed by atoms with E-state index in [1.54, 1.807) is 11.3 Å². The van der Waals surface area contributed by atoms with Crippen molar-refractivity contribution in [3.05, 3.63) is 22.4 Å². The van der Waals surface area contributed by atoms with E-state index in [1.807, 2.05) is 17.5 Å². The molecule has 0 aliphatic heterocycles. The molecule has 1 heterocycles. The molecule has 0 saturated heterocycles. The van der Waals surface area contributed by atoms with Crippen molar-refractivity contribution in [3.63, 3.8) is 0 Å². The number of rotatable bonds is 6. The summed E-state index contributed by atoms with van der Waals surface area (Å²) < 4.78 is 0. The van der Waals surface area contributed by atoms with Crippen molar-refractivity contribution in [3.8, 4) is 0 Å². The van der Waals surface area contributed by atoms with E-state index in [0.29, 0.717) is 6.54 Å². The molecule has 0 radical (unpaired) electrons. The molecule has 0 amide bonds. The van der Waals surface area contributed by atoms with Gasteiger partial charge in [0.2, 0.25) is 0 Å². The Hall–Kier alpha value is -0.910. The van der Waals surface area contributed by atoms with E-state index in [4.69, 9.17) is 5.11 Å². The zero-order valence-corrected chi connectivity index (χ0v) is 9.38. The molecular formula is C10H15NO3S. The Bertz CT molecular complexity index is 308. The van der Waals surface area contributed by atoms with Crippen LogP contribution in [0.15, 0.2) is 17.5 Å². The van der Waals surface area contributed by atoms with E-state index in [9.17, 15) is 9.90 Å². The first-order valence-electron chi connectivity index (χ1n) is 4.71. The third-order valence-corrected chi connectivity index (χ3v) is 2.99. The summed E-state index contributed by atoms with van der Waals surface area (Å²) in [6.07, 6.45) is 0.855. The third kappa shape index (κ3) is 3.99. The van der Waals surface area contributed by atoms with Gasteiger partial charge in [-0.15, -0.1) is 11.3 Å². The van der Waals surface area contributed by atoms with Crippen LogP contribution < -0.4 is 5.32 Å². The highest BCUT2D eigenvalue weighted by atomic mass is 32.1. The summed E-state index contributed by atoms with van der Waals surface area (Å²) >= 11 is 1.67. The quantitative estimate of drug-likeness (QED) is 0.629. The molecule has 1 aromatic heterocycles. The van der Waals surface area contributed by atoms with E-state index in [2.05, 4.69) is 5.32 Å². The maximum absolute atomic E-state index is 10.6. The summed E-state index contributed by atoms with van der Waals surface area (Å²) in [6, 6.07) is 4.01. The predicted octanol–water partition coefficient (Wildman–Crippen LogP) is 0.716. The summed E-state index contributed by atoms with van der Waals surface area (Å²) in [6.45, 7) is 2.02. The monoisotopic (exact) mass is 229 g/mol. The van der Waals surface area contributed by atoms with Crippen LogP contribution in [-0.2, 0) is 11.2 Å². The highest BCUT2D eigenvalue weighted by molar-refractivity contribution is 7.09. The van der Waals surface area contributed by atoms with Crippen molar-refractivity contribution >= 4 is 17.3 Å². The molecule has 5 heteroatoms.